The number of hydrogen-bond acceptors (Lipinski definition) is 4. The molecule has 106 valence electrons. The second-order valence-corrected chi connectivity index (χ2v) is 4.91. The summed E-state index contributed by atoms with van der Waals surface area (Å²) in [6, 6.07) is 0. The fraction of sp³-hybridized carbons (Fsp3) is 0.923. The van der Waals surface area contributed by atoms with Crippen LogP contribution in [0.25, 0.3) is 0 Å². The minimum absolute atomic E-state index is 0.124. The summed E-state index contributed by atoms with van der Waals surface area (Å²) in [6.45, 7) is 3.00. The zero-order valence-corrected chi connectivity index (χ0v) is 11.4. The molecule has 5 heteroatoms. The third kappa shape index (κ3) is 4.55. The lowest BCUT2D eigenvalue weighted by atomic mass is 9.85. The Hall–Kier alpha value is -0.650. The Balaban J connectivity index is 2.09. The number of carbonyl (C=O) groups is 1. The van der Waals surface area contributed by atoms with E-state index in [1.807, 2.05) is 0 Å². The predicted molar refractivity (Wildman–Crippen MR) is 70.3 cm³/mol. The van der Waals surface area contributed by atoms with E-state index in [4.69, 9.17) is 15.2 Å². The van der Waals surface area contributed by atoms with E-state index in [2.05, 4.69) is 5.32 Å². The number of rotatable bonds is 9. The lowest BCUT2D eigenvalue weighted by molar-refractivity contribution is -0.130. The normalized spacial score (nSPS) is 17.9. The van der Waals surface area contributed by atoms with Crippen molar-refractivity contribution in [1.82, 2.24) is 5.32 Å². The van der Waals surface area contributed by atoms with Gasteiger partial charge >= 0.3 is 0 Å². The summed E-state index contributed by atoms with van der Waals surface area (Å²) in [7, 11) is 1.65. The lowest BCUT2D eigenvalue weighted by Gasteiger charge is -2.25. The van der Waals surface area contributed by atoms with Gasteiger partial charge in [-0.15, -0.1) is 0 Å². The number of methoxy groups -OCH3 is 1. The Bertz CT molecular complexity index is 240. The summed E-state index contributed by atoms with van der Waals surface area (Å²) < 4.78 is 10.2. The Labute approximate surface area is 109 Å². The molecule has 0 unspecified atom stereocenters. The quantitative estimate of drug-likeness (QED) is 0.596. The number of hydrogen-bond donors (Lipinski definition) is 2. The number of carbonyl (C=O) groups excluding carboxylic acids is 1. The van der Waals surface area contributed by atoms with E-state index < -0.39 is 0 Å². The largest absolute Gasteiger partial charge is 0.382 e. The van der Waals surface area contributed by atoms with Crippen molar-refractivity contribution in [2.45, 2.75) is 32.1 Å². The maximum absolute atomic E-state index is 12.1. The van der Waals surface area contributed by atoms with Crippen LogP contribution < -0.4 is 11.1 Å². The average molecular weight is 258 g/mol. The topological polar surface area (TPSA) is 73.6 Å². The van der Waals surface area contributed by atoms with E-state index in [9.17, 15) is 4.79 Å². The van der Waals surface area contributed by atoms with E-state index in [0.717, 1.165) is 32.1 Å². The van der Waals surface area contributed by atoms with Gasteiger partial charge in [0.05, 0.1) is 18.6 Å². The maximum Gasteiger partial charge on any atom is 0.227 e. The molecule has 0 aromatic heterocycles. The zero-order valence-electron chi connectivity index (χ0n) is 11.4. The van der Waals surface area contributed by atoms with Gasteiger partial charge in [-0.3, -0.25) is 4.79 Å². The molecule has 1 aliphatic carbocycles. The molecule has 0 aromatic carbocycles. The molecule has 1 rings (SSSR count). The Morgan fingerprint density at radius 2 is 2.00 bits per heavy atom. The third-order valence-electron chi connectivity index (χ3n) is 3.62. The highest BCUT2D eigenvalue weighted by atomic mass is 16.5. The summed E-state index contributed by atoms with van der Waals surface area (Å²) in [4.78, 5) is 12.1. The molecule has 0 saturated heterocycles. The highest BCUT2D eigenvalue weighted by molar-refractivity contribution is 5.83. The van der Waals surface area contributed by atoms with Crippen LogP contribution >= 0.6 is 0 Å². The molecule has 1 amide bonds. The van der Waals surface area contributed by atoms with Gasteiger partial charge in [0.15, 0.2) is 0 Å². The zero-order chi connectivity index (χ0) is 13.3. The first-order chi connectivity index (χ1) is 8.75. The van der Waals surface area contributed by atoms with Crippen LogP contribution in [-0.4, -0.2) is 45.9 Å². The molecule has 0 spiro atoms. The summed E-state index contributed by atoms with van der Waals surface area (Å²) in [5.41, 5.74) is 5.46. The van der Waals surface area contributed by atoms with E-state index in [-0.39, 0.29) is 11.3 Å². The van der Waals surface area contributed by atoms with Gasteiger partial charge in [0.1, 0.15) is 0 Å². The summed E-state index contributed by atoms with van der Waals surface area (Å²) >= 11 is 0. The van der Waals surface area contributed by atoms with Crippen LogP contribution in [0.2, 0.25) is 0 Å². The van der Waals surface area contributed by atoms with Crippen molar-refractivity contribution < 1.29 is 14.3 Å². The molecule has 1 aliphatic rings. The first-order valence-corrected chi connectivity index (χ1v) is 6.80. The van der Waals surface area contributed by atoms with Gasteiger partial charge in [-0.1, -0.05) is 12.8 Å². The Morgan fingerprint density at radius 3 is 2.61 bits per heavy atom. The maximum atomic E-state index is 12.1. The van der Waals surface area contributed by atoms with Crippen molar-refractivity contribution >= 4 is 5.91 Å². The predicted octanol–water partition coefficient (Wildman–Crippen LogP) is 0.675. The smallest absolute Gasteiger partial charge is 0.227 e. The van der Waals surface area contributed by atoms with E-state index in [1.54, 1.807) is 7.11 Å². The van der Waals surface area contributed by atoms with E-state index >= 15 is 0 Å². The van der Waals surface area contributed by atoms with E-state index in [0.29, 0.717) is 32.9 Å². The number of nitrogens with two attached hydrogens (primary N) is 1. The molecular formula is C13H26N2O3. The molecule has 0 atom stereocenters. The molecule has 5 nitrogen and oxygen atoms in total. The molecule has 1 fully saturated rings. The molecular weight excluding hydrogens is 232 g/mol. The van der Waals surface area contributed by atoms with Crippen molar-refractivity contribution in [3.8, 4) is 0 Å². The number of ether oxygens (including phenoxy) is 2. The van der Waals surface area contributed by atoms with Crippen LogP contribution in [0.1, 0.15) is 32.1 Å². The van der Waals surface area contributed by atoms with Crippen LogP contribution in [-0.2, 0) is 14.3 Å². The minimum atomic E-state index is -0.295. The molecule has 0 radical (unpaired) electrons. The summed E-state index contributed by atoms with van der Waals surface area (Å²) in [6.07, 6.45) is 4.92. The molecule has 0 heterocycles. The van der Waals surface area contributed by atoms with Gasteiger partial charge in [0.2, 0.25) is 5.91 Å². The van der Waals surface area contributed by atoms with Crippen molar-refractivity contribution in [2.24, 2.45) is 11.1 Å². The van der Waals surface area contributed by atoms with Gasteiger partial charge in [-0.2, -0.15) is 0 Å². The standard InChI is InChI=1S/C13H26N2O3/c1-17-9-10-18-8-4-7-15-12(16)13(11-14)5-2-3-6-13/h2-11,14H2,1H3,(H,15,16). The number of nitrogens with one attached hydrogen (secondary N) is 1. The average Bonchev–Trinajstić information content (AvgIpc) is 2.87. The Morgan fingerprint density at radius 1 is 1.28 bits per heavy atom. The van der Waals surface area contributed by atoms with E-state index in [1.165, 1.54) is 0 Å². The van der Waals surface area contributed by atoms with Crippen molar-refractivity contribution in [3.63, 3.8) is 0 Å². The highest BCUT2D eigenvalue weighted by Crippen LogP contribution is 2.37. The fourth-order valence-electron chi connectivity index (χ4n) is 2.38. The van der Waals surface area contributed by atoms with Crippen LogP contribution in [0.5, 0.6) is 0 Å². The first-order valence-electron chi connectivity index (χ1n) is 6.80. The molecule has 0 aromatic rings. The summed E-state index contributed by atoms with van der Waals surface area (Å²) in [5, 5.41) is 2.98. The van der Waals surface area contributed by atoms with Gasteiger partial charge in [0, 0.05) is 26.8 Å². The van der Waals surface area contributed by atoms with Gasteiger partial charge < -0.3 is 20.5 Å². The minimum Gasteiger partial charge on any atom is -0.382 e. The second kappa shape index (κ2) is 8.45. The fourth-order valence-corrected chi connectivity index (χ4v) is 2.38. The molecule has 0 aliphatic heterocycles. The molecule has 0 bridgehead atoms. The first kappa shape index (κ1) is 15.4. The monoisotopic (exact) mass is 258 g/mol. The van der Waals surface area contributed by atoms with Crippen LogP contribution in [0.4, 0.5) is 0 Å². The number of amides is 1. The van der Waals surface area contributed by atoms with Crippen LogP contribution in [0.3, 0.4) is 0 Å². The van der Waals surface area contributed by atoms with Crippen LogP contribution in [0.15, 0.2) is 0 Å². The lowest BCUT2D eigenvalue weighted by Crippen LogP contribution is -2.44. The molecule has 3 N–H and O–H groups in total. The highest BCUT2D eigenvalue weighted by Gasteiger charge is 2.39. The second-order valence-electron chi connectivity index (χ2n) is 4.91. The van der Waals surface area contributed by atoms with Crippen LogP contribution in [0, 0.1) is 5.41 Å². The van der Waals surface area contributed by atoms with Crippen molar-refractivity contribution in [1.29, 1.82) is 0 Å². The van der Waals surface area contributed by atoms with Gasteiger partial charge in [-0.05, 0) is 19.3 Å². The third-order valence-corrected chi connectivity index (χ3v) is 3.62. The van der Waals surface area contributed by atoms with Crippen molar-refractivity contribution in [2.75, 3.05) is 40.0 Å². The van der Waals surface area contributed by atoms with Crippen molar-refractivity contribution in [3.05, 3.63) is 0 Å². The molecule has 18 heavy (non-hydrogen) atoms. The van der Waals surface area contributed by atoms with Gasteiger partial charge in [-0.25, -0.2) is 0 Å². The van der Waals surface area contributed by atoms with Gasteiger partial charge in [0.25, 0.3) is 0 Å². The Kier molecular flexibility index (Phi) is 7.23. The SMILES string of the molecule is COCCOCCCNC(=O)C1(CN)CCCC1. The summed E-state index contributed by atoms with van der Waals surface area (Å²) in [5.74, 6) is 0.124. The molecule has 1 saturated carbocycles.